The molecule has 17 heavy (non-hydrogen) atoms. The Morgan fingerprint density at radius 2 is 1.65 bits per heavy atom. The number of hydrogen-bond donors (Lipinski definition) is 1. The van der Waals surface area contributed by atoms with Crippen LogP contribution in [0.5, 0.6) is 0 Å². The van der Waals surface area contributed by atoms with Crippen LogP contribution in [0.2, 0.25) is 0 Å². The predicted molar refractivity (Wildman–Crippen MR) is 77.6 cm³/mol. The van der Waals surface area contributed by atoms with Crippen LogP contribution in [-0.4, -0.2) is 63.2 Å². The molecule has 1 atom stereocenters. The van der Waals surface area contributed by atoms with Crippen LogP contribution < -0.4 is 5.32 Å². The fraction of sp³-hybridized carbons (Fsp3) is 1.00. The summed E-state index contributed by atoms with van der Waals surface area (Å²) in [4.78, 5) is 4.67. The summed E-state index contributed by atoms with van der Waals surface area (Å²) in [5, 5.41) is 3.67. The molecule has 0 aromatic carbocycles. The summed E-state index contributed by atoms with van der Waals surface area (Å²) in [5.74, 6) is 0. The van der Waals surface area contributed by atoms with E-state index in [1.165, 1.54) is 6.42 Å². The third-order valence-corrected chi connectivity index (χ3v) is 3.11. The Bertz CT molecular complexity index is 184. The van der Waals surface area contributed by atoms with Crippen LogP contribution in [0.15, 0.2) is 0 Å². The van der Waals surface area contributed by atoms with Gasteiger partial charge in [-0.2, -0.15) is 0 Å². The highest BCUT2D eigenvalue weighted by atomic mass is 15.2. The summed E-state index contributed by atoms with van der Waals surface area (Å²) in [6, 6.07) is 0.564. The zero-order valence-electron chi connectivity index (χ0n) is 13.0. The molecule has 0 heterocycles. The number of rotatable bonds is 8. The van der Waals surface area contributed by atoms with Crippen LogP contribution >= 0.6 is 0 Å². The number of nitrogens with zero attached hydrogens (tertiary/aromatic N) is 2. The standard InChI is InChI=1S/C14H33N3/c1-8-9-15-13(14(2,3)4)12-17(7)11-10-16(5)6/h13,15H,8-12H2,1-7H3. The third kappa shape index (κ3) is 8.58. The van der Waals surface area contributed by atoms with E-state index < -0.39 is 0 Å². The molecule has 0 spiro atoms. The van der Waals surface area contributed by atoms with Gasteiger partial charge in [0.2, 0.25) is 0 Å². The fourth-order valence-corrected chi connectivity index (χ4v) is 1.74. The van der Waals surface area contributed by atoms with Crippen LogP contribution in [0.25, 0.3) is 0 Å². The van der Waals surface area contributed by atoms with Gasteiger partial charge in [-0.15, -0.1) is 0 Å². The molecule has 0 aliphatic heterocycles. The maximum absolute atomic E-state index is 3.67. The Morgan fingerprint density at radius 3 is 2.06 bits per heavy atom. The minimum Gasteiger partial charge on any atom is -0.312 e. The second-order valence-corrected chi connectivity index (χ2v) is 6.44. The van der Waals surface area contributed by atoms with Crippen LogP contribution in [0.4, 0.5) is 0 Å². The Labute approximate surface area is 109 Å². The molecule has 3 nitrogen and oxygen atoms in total. The van der Waals surface area contributed by atoms with Gasteiger partial charge >= 0.3 is 0 Å². The first-order valence-corrected chi connectivity index (χ1v) is 6.84. The molecule has 0 saturated carbocycles. The molecule has 0 aromatic heterocycles. The highest BCUT2D eigenvalue weighted by molar-refractivity contribution is 4.82. The Morgan fingerprint density at radius 1 is 1.06 bits per heavy atom. The molecule has 0 rings (SSSR count). The van der Waals surface area contributed by atoms with E-state index in [1.807, 2.05) is 0 Å². The monoisotopic (exact) mass is 243 g/mol. The van der Waals surface area contributed by atoms with Gasteiger partial charge in [0.1, 0.15) is 0 Å². The first-order chi connectivity index (χ1) is 7.77. The molecule has 0 saturated heterocycles. The molecular formula is C14H33N3. The maximum atomic E-state index is 3.67. The summed E-state index contributed by atoms with van der Waals surface area (Å²) < 4.78 is 0. The Hall–Kier alpha value is -0.120. The van der Waals surface area contributed by atoms with Gasteiger partial charge in [-0.25, -0.2) is 0 Å². The maximum Gasteiger partial charge on any atom is 0.0243 e. The van der Waals surface area contributed by atoms with E-state index in [0.717, 1.165) is 26.2 Å². The lowest BCUT2D eigenvalue weighted by atomic mass is 9.86. The lowest BCUT2D eigenvalue weighted by molar-refractivity contribution is 0.185. The number of hydrogen-bond acceptors (Lipinski definition) is 3. The minimum absolute atomic E-state index is 0.321. The van der Waals surface area contributed by atoms with Crippen molar-refractivity contribution in [3.8, 4) is 0 Å². The van der Waals surface area contributed by atoms with E-state index in [-0.39, 0.29) is 0 Å². The summed E-state index contributed by atoms with van der Waals surface area (Å²) >= 11 is 0. The number of likely N-dealkylation sites (N-methyl/N-ethyl adjacent to an activating group) is 2. The summed E-state index contributed by atoms with van der Waals surface area (Å²) in [6.07, 6.45) is 1.20. The molecule has 1 unspecified atom stereocenters. The SMILES string of the molecule is CCCNC(CN(C)CCN(C)C)C(C)(C)C. The predicted octanol–water partition coefficient (Wildman–Crippen LogP) is 1.89. The molecule has 3 heteroatoms. The molecule has 0 aliphatic rings. The third-order valence-electron chi connectivity index (χ3n) is 3.11. The molecule has 104 valence electrons. The Kier molecular flexibility index (Phi) is 8.01. The molecular weight excluding hydrogens is 210 g/mol. The fourth-order valence-electron chi connectivity index (χ4n) is 1.74. The summed E-state index contributed by atoms with van der Waals surface area (Å²) in [7, 11) is 6.48. The van der Waals surface area contributed by atoms with Crippen LogP contribution in [0, 0.1) is 5.41 Å². The molecule has 0 amide bonds. The van der Waals surface area contributed by atoms with Gasteiger partial charge in [-0.05, 0) is 39.5 Å². The van der Waals surface area contributed by atoms with Crippen molar-refractivity contribution in [1.29, 1.82) is 0 Å². The molecule has 0 radical (unpaired) electrons. The van der Waals surface area contributed by atoms with E-state index in [9.17, 15) is 0 Å². The molecule has 0 fully saturated rings. The first kappa shape index (κ1) is 16.9. The molecule has 1 N–H and O–H groups in total. The van der Waals surface area contributed by atoms with Gasteiger partial charge in [0.05, 0.1) is 0 Å². The van der Waals surface area contributed by atoms with Crippen LogP contribution in [0.3, 0.4) is 0 Å². The van der Waals surface area contributed by atoms with Crippen molar-refractivity contribution in [1.82, 2.24) is 15.1 Å². The molecule has 0 aromatic rings. The second-order valence-electron chi connectivity index (χ2n) is 6.44. The van der Waals surface area contributed by atoms with Crippen molar-refractivity contribution in [2.45, 2.75) is 40.2 Å². The highest BCUT2D eigenvalue weighted by Crippen LogP contribution is 2.19. The van der Waals surface area contributed by atoms with Crippen molar-refractivity contribution in [3.63, 3.8) is 0 Å². The first-order valence-electron chi connectivity index (χ1n) is 6.84. The van der Waals surface area contributed by atoms with Crippen molar-refractivity contribution in [3.05, 3.63) is 0 Å². The highest BCUT2D eigenvalue weighted by Gasteiger charge is 2.24. The molecule has 0 aliphatic carbocycles. The zero-order chi connectivity index (χ0) is 13.5. The van der Waals surface area contributed by atoms with Crippen molar-refractivity contribution < 1.29 is 0 Å². The molecule has 0 bridgehead atoms. The van der Waals surface area contributed by atoms with Gasteiger partial charge in [0, 0.05) is 25.7 Å². The quantitative estimate of drug-likeness (QED) is 0.702. The largest absolute Gasteiger partial charge is 0.312 e. The van der Waals surface area contributed by atoms with Gasteiger partial charge < -0.3 is 15.1 Å². The van der Waals surface area contributed by atoms with E-state index in [2.05, 4.69) is 64.0 Å². The average molecular weight is 243 g/mol. The summed E-state index contributed by atoms with van der Waals surface area (Å²) in [6.45, 7) is 13.7. The topological polar surface area (TPSA) is 18.5 Å². The van der Waals surface area contributed by atoms with E-state index >= 15 is 0 Å². The van der Waals surface area contributed by atoms with Gasteiger partial charge in [0.25, 0.3) is 0 Å². The van der Waals surface area contributed by atoms with E-state index in [4.69, 9.17) is 0 Å². The van der Waals surface area contributed by atoms with Gasteiger partial charge in [-0.1, -0.05) is 27.7 Å². The van der Waals surface area contributed by atoms with Crippen molar-refractivity contribution in [2.24, 2.45) is 5.41 Å². The van der Waals surface area contributed by atoms with Crippen LogP contribution in [-0.2, 0) is 0 Å². The van der Waals surface area contributed by atoms with Crippen molar-refractivity contribution in [2.75, 3.05) is 47.3 Å². The second kappa shape index (κ2) is 8.06. The van der Waals surface area contributed by atoms with Crippen LogP contribution in [0.1, 0.15) is 34.1 Å². The Balaban J connectivity index is 4.13. The van der Waals surface area contributed by atoms with E-state index in [0.29, 0.717) is 11.5 Å². The average Bonchev–Trinajstić information content (AvgIpc) is 2.19. The number of nitrogens with one attached hydrogen (secondary N) is 1. The van der Waals surface area contributed by atoms with Crippen molar-refractivity contribution >= 4 is 0 Å². The summed E-state index contributed by atoms with van der Waals surface area (Å²) in [5.41, 5.74) is 0.321. The zero-order valence-corrected chi connectivity index (χ0v) is 13.0. The van der Waals surface area contributed by atoms with E-state index in [1.54, 1.807) is 0 Å². The van der Waals surface area contributed by atoms with Gasteiger partial charge in [-0.3, -0.25) is 0 Å². The van der Waals surface area contributed by atoms with Gasteiger partial charge in [0.15, 0.2) is 0 Å². The normalized spacial score (nSPS) is 14.6. The lowest BCUT2D eigenvalue weighted by Crippen LogP contribution is -2.48. The minimum atomic E-state index is 0.321. The lowest BCUT2D eigenvalue weighted by Gasteiger charge is -2.35. The smallest absolute Gasteiger partial charge is 0.0243 e.